The summed E-state index contributed by atoms with van der Waals surface area (Å²) in [6, 6.07) is 0. The molecule has 0 atom stereocenters. The molecule has 0 spiro atoms. The van der Waals surface area contributed by atoms with E-state index in [1.54, 1.807) is 0 Å². The van der Waals surface area contributed by atoms with Crippen molar-refractivity contribution in [3.05, 3.63) is 12.2 Å². The van der Waals surface area contributed by atoms with Gasteiger partial charge in [-0.2, -0.15) is 6.42 Å². The molecule has 0 bridgehead atoms. The first-order valence-electron chi connectivity index (χ1n) is 2.08. The monoisotopic (exact) mass is 283 g/mol. The maximum absolute atomic E-state index is 6.58. The second-order valence-electron chi connectivity index (χ2n) is 1.12. The molecule has 0 amide bonds. The van der Waals surface area contributed by atoms with Crippen LogP contribution in [0.4, 0.5) is 0 Å². The molecule has 0 aliphatic rings. The number of hydrogen-bond donors (Lipinski definition) is 2. The fourth-order valence-electron chi connectivity index (χ4n) is 0.200. The van der Waals surface area contributed by atoms with E-state index in [0.29, 0.717) is 13.0 Å². The Morgan fingerprint density at radius 3 is 2.38 bits per heavy atom. The average Bonchev–Trinajstić information content (AvgIpc) is 1.61. The van der Waals surface area contributed by atoms with E-state index >= 15 is 0 Å². The van der Waals surface area contributed by atoms with Crippen LogP contribution in [0.25, 0.3) is 5.32 Å². The molecular formula is C4H9N3W. The summed E-state index contributed by atoms with van der Waals surface area (Å²) in [4.78, 5) is 0. The maximum atomic E-state index is 6.58. The summed E-state index contributed by atoms with van der Waals surface area (Å²) >= 11 is 0. The zero-order valence-corrected chi connectivity index (χ0v) is 7.49. The molecule has 8 heavy (non-hydrogen) atoms. The van der Waals surface area contributed by atoms with E-state index in [2.05, 4.69) is 12.2 Å². The van der Waals surface area contributed by atoms with Crippen molar-refractivity contribution in [1.82, 2.24) is 0 Å². The summed E-state index contributed by atoms with van der Waals surface area (Å²) in [5, 5.41) is 10.1. The molecule has 0 aromatic carbocycles. The average molecular weight is 283 g/mol. The van der Waals surface area contributed by atoms with Crippen molar-refractivity contribution in [2.75, 3.05) is 6.54 Å². The smallest absolute Gasteiger partial charge is 0.454 e. The second kappa shape index (κ2) is 6.96. The van der Waals surface area contributed by atoms with Crippen LogP contribution in [0.5, 0.6) is 0 Å². The predicted molar refractivity (Wildman–Crippen MR) is 30.1 cm³/mol. The van der Waals surface area contributed by atoms with Crippen molar-refractivity contribution in [2.24, 2.45) is 5.73 Å². The van der Waals surface area contributed by atoms with Gasteiger partial charge >= 0.3 is 21.1 Å². The van der Waals surface area contributed by atoms with Crippen molar-refractivity contribution in [3.63, 3.8) is 0 Å². The zero-order valence-electron chi connectivity index (χ0n) is 4.55. The van der Waals surface area contributed by atoms with Gasteiger partial charge in [-0.05, 0) is 12.5 Å². The Hall–Kier alpha value is -0.0417. The van der Waals surface area contributed by atoms with Crippen molar-refractivity contribution < 1.29 is 21.1 Å². The predicted octanol–water partition coefficient (Wildman–Crippen LogP) is 0.475. The molecule has 3 nitrogen and oxygen atoms in total. The third kappa shape index (κ3) is 9.35. The molecule has 0 heterocycles. The first-order chi connectivity index (χ1) is 3.27. The Morgan fingerprint density at radius 2 is 2.25 bits per heavy atom. The molecule has 0 saturated heterocycles. The number of rotatable bonds is 2. The SMILES string of the molecule is [CH2-]CC[N-]C(=N)N.[W+2]. The van der Waals surface area contributed by atoms with Crippen LogP contribution in [-0.4, -0.2) is 12.5 Å². The summed E-state index contributed by atoms with van der Waals surface area (Å²) in [5.74, 6) is -0.108. The van der Waals surface area contributed by atoms with Crippen LogP contribution >= 0.6 is 0 Å². The molecule has 0 unspecified atom stereocenters. The number of guanidine groups is 1. The fourth-order valence-corrected chi connectivity index (χ4v) is 0.200. The maximum Gasteiger partial charge on any atom is 2.00 e. The Bertz CT molecular complexity index is 64.3. The van der Waals surface area contributed by atoms with E-state index in [4.69, 9.17) is 11.1 Å². The molecule has 0 aromatic heterocycles. The summed E-state index contributed by atoms with van der Waals surface area (Å²) in [6.07, 6.45) is 0.708. The van der Waals surface area contributed by atoms with Crippen molar-refractivity contribution in [1.29, 1.82) is 5.41 Å². The van der Waals surface area contributed by atoms with Gasteiger partial charge in [-0.15, -0.1) is 0 Å². The summed E-state index contributed by atoms with van der Waals surface area (Å²) in [7, 11) is 0. The first-order valence-corrected chi connectivity index (χ1v) is 2.08. The number of nitrogens with zero attached hydrogens (tertiary/aromatic N) is 1. The van der Waals surface area contributed by atoms with Gasteiger partial charge in [0, 0.05) is 0 Å². The van der Waals surface area contributed by atoms with Crippen LogP contribution in [0.1, 0.15) is 6.42 Å². The molecule has 4 heteroatoms. The van der Waals surface area contributed by atoms with Gasteiger partial charge in [-0.1, -0.05) is 0 Å². The van der Waals surface area contributed by atoms with Gasteiger partial charge in [0.1, 0.15) is 0 Å². The van der Waals surface area contributed by atoms with Gasteiger partial charge in [0.2, 0.25) is 0 Å². The Morgan fingerprint density at radius 1 is 1.75 bits per heavy atom. The van der Waals surface area contributed by atoms with Crippen molar-refractivity contribution >= 4 is 5.96 Å². The summed E-state index contributed by atoms with van der Waals surface area (Å²) in [5.41, 5.74) is 4.87. The van der Waals surface area contributed by atoms with Crippen LogP contribution in [-0.2, 0) is 21.1 Å². The number of nitrogens with two attached hydrogens (primary N) is 1. The van der Waals surface area contributed by atoms with Crippen molar-refractivity contribution in [3.8, 4) is 0 Å². The summed E-state index contributed by atoms with van der Waals surface area (Å²) in [6.45, 7) is 4.08. The standard InChI is InChI=1S/C4H9N3.W/c1-2-3-7-4(5)6;/h1-3H2,(H3-,5,6,7);/q-2;+2. The minimum atomic E-state index is -0.108. The quantitative estimate of drug-likeness (QED) is 0.432. The van der Waals surface area contributed by atoms with E-state index in [1.807, 2.05) is 0 Å². The largest absolute Gasteiger partial charge is 2.00 e. The van der Waals surface area contributed by atoms with Gasteiger partial charge in [0.05, 0.1) is 0 Å². The minimum absolute atomic E-state index is 0. The first kappa shape index (κ1) is 10.9. The van der Waals surface area contributed by atoms with Crippen LogP contribution < -0.4 is 5.73 Å². The fraction of sp³-hybridized carbons (Fsp3) is 0.500. The molecule has 0 fully saturated rings. The topological polar surface area (TPSA) is 64.0 Å². The van der Waals surface area contributed by atoms with Gasteiger partial charge in [-0.3, -0.25) is 0 Å². The van der Waals surface area contributed by atoms with E-state index < -0.39 is 0 Å². The van der Waals surface area contributed by atoms with Crippen LogP contribution in [0.15, 0.2) is 0 Å². The van der Waals surface area contributed by atoms with Gasteiger partial charge in [-0.25, -0.2) is 0 Å². The van der Waals surface area contributed by atoms with Gasteiger partial charge in [0.15, 0.2) is 0 Å². The molecule has 46 valence electrons. The van der Waals surface area contributed by atoms with Crippen LogP contribution in [0.3, 0.4) is 0 Å². The molecular weight excluding hydrogens is 274 g/mol. The van der Waals surface area contributed by atoms with Gasteiger partial charge < -0.3 is 23.4 Å². The van der Waals surface area contributed by atoms with Crippen LogP contribution in [0.2, 0.25) is 0 Å². The van der Waals surface area contributed by atoms with Crippen LogP contribution in [0, 0.1) is 12.3 Å². The van der Waals surface area contributed by atoms with E-state index in [1.165, 1.54) is 0 Å². The Labute approximate surface area is 63.8 Å². The molecule has 0 aliphatic heterocycles. The third-order valence-electron chi connectivity index (χ3n) is 0.440. The molecule has 0 saturated carbocycles. The Kier molecular flexibility index (Phi) is 9.44. The normalized spacial score (nSPS) is 7.12. The van der Waals surface area contributed by atoms with E-state index in [0.717, 1.165) is 0 Å². The zero-order chi connectivity index (χ0) is 5.70. The Balaban J connectivity index is 0. The third-order valence-corrected chi connectivity index (χ3v) is 0.440. The van der Waals surface area contributed by atoms with Gasteiger partial charge in [0.25, 0.3) is 0 Å². The number of nitrogens with one attached hydrogen (secondary N) is 1. The molecule has 3 N–H and O–H groups in total. The van der Waals surface area contributed by atoms with E-state index in [-0.39, 0.29) is 27.0 Å². The second-order valence-corrected chi connectivity index (χ2v) is 1.12. The summed E-state index contributed by atoms with van der Waals surface area (Å²) < 4.78 is 0. The molecule has 0 rings (SSSR count). The number of hydrogen-bond acceptors (Lipinski definition) is 1. The van der Waals surface area contributed by atoms with Crippen molar-refractivity contribution in [2.45, 2.75) is 6.42 Å². The molecule has 0 radical (unpaired) electrons. The minimum Gasteiger partial charge on any atom is -0.454 e. The molecule has 0 aliphatic carbocycles. The molecule has 0 aromatic rings. The van der Waals surface area contributed by atoms with E-state index in [9.17, 15) is 0 Å².